The van der Waals surface area contributed by atoms with Crippen molar-refractivity contribution in [3.05, 3.63) is 47.4 Å². The van der Waals surface area contributed by atoms with Crippen LogP contribution in [-0.4, -0.2) is 9.97 Å². The van der Waals surface area contributed by atoms with Crippen LogP contribution in [0.15, 0.2) is 36.7 Å². The normalized spacial score (nSPS) is 10.1. The molecule has 2 rings (SSSR count). The minimum absolute atomic E-state index is 0.333. The van der Waals surface area contributed by atoms with Gasteiger partial charge in [-0.05, 0) is 12.1 Å². The van der Waals surface area contributed by atoms with Crippen LogP contribution < -0.4 is 4.74 Å². The van der Waals surface area contributed by atoms with Crippen LogP contribution in [0.3, 0.4) is 0 Å². The summed E-state index contributed by atoms with van der Waals surface area (Å²) in [6.07, 6.45) is 3.08. The average Bonchev–Trinajstić information content (AvgIpc) is 2.33. The summed E-state index contributed by atoms with van der Waals surface area (Å²) in [4.78, 5) is 8.12. The average molecular weight is 255 g/mol. The Kier molecular flexibility index (Phi) is 3.59. The number of alkyl halides is 1. The van der Waals surface area contributed by atoms with Crippen molar-refractivity contribution in [1.29, 1.82) is 0 Å². The Morgan fingerprint density at radius 2 is 1.94 bits per heavy atom. The van der Waals surface area contributed by atoms with Crippen LogP contribution in [0.5, 0.6) is 11.6 Å². The van der Waals surface area contributed by atoms with E-state index in [1.54, 1.807) is 18.3 Å². The molecule has 82 valence electrons. The minimum atomic E-state index is 0.333. The van der Waals surface area contributed by atoms with E-state index in [-0.39, 0.29) is 0 Å². The molecule has 0 aliphatic rings. The van der Waals surface area contributed by atoms with Crippen molar-refractivity contribution >= 4 is 23.2 Å². The number of ether oxygens (including phenoxy) is 1. The number of hydrogen-bond acceptors (Lipinski definition) is 3. The van der Waals surface area contributed by atoms with E-state index in [1.807, 2.05) is 12.1 Å². The van der Waals surface area contributed by atoms with Crippen molar-refractivity contribution in [3.8, 4) is 11.6 Å². The number of nitrogens with zero attached hydrogens (tertiary/aromatic N) is 2. The van der Waals surface area contributed by atoms with Crippen molar-refractivity contribution in [1.82, 2.24) is 9.97 Å². The fourth-order valence-corrected chi connectivity index (χ4v) is 1.42. The lowest BCUT2D eigenvalue weighted by Crippen LogP contribution is -1.92. The zero-order chi connectivity index (χ0) is 11.4. The Balaban J connectivity index is 2.18. The molecule has 0 radical (unpaired) electrons. The quantitative estimate of drug-likeness (QED) is 0.785. The monoisotopic (exact) mass is 254 g/mol. The van der Waals surface area contributed by atoms with Crippen LogP contribution in [0, 0.1) is 0 Å². The van der Waals surface area contributed by atoms with Crippen molar-refractivity contribution in [2.45, 2.75) is 5.88 Å². The van der Waals surface area contributed by atoms with Gasteiger partial charge < -0.3 is 4.74 Å². The van der Waals surface area contributed by atoms with E-state index in [9.17, 15) is 0 Å². The first kappa shape index (κ1) is 11.2. The Hall–Kier alpha value is -1.32. The van der Waals surface area contributed by atoms with E-state index >= 15 is 0 Å². The van der Waals surface area contributed by atoms with Gasteiger partial charge in [0.15, 0.2) is 0 Å². The molecule has 0 atom stereocenters. The first-order valence-corrected chi connectivity index (χ1v) is 5.50. The second-order valence-corrected chi connectivity index (χ2v) is 3.69. The smallest absolute Gasteiger partial charge is 0.237 e. The topological polar surface area (TPSA) is 35.0 Å². The highest BCUT2D eigenvalue weighted by Crippen LogP contribution is 2.27. The molecule has 0 spiro atoms. The van der Waals surface area contributed by atoms with Crippen LogP contribution in [0.2, 0.25) is 5.02 Å². The molecule has 0 unspecified atom stereocenters. The van der Waals surface area contributed by atoms with E-state index in [2.05, 4.69) is 9.97 Å². The van der Waals surface area contributed by atoms with Crippen LogP contribution in [0.4, 0.5) is 0 Å². The number of para-hydroxylation sites is 1. The van der Waals surface area contributed by atoms with E-state index in [0.29, 0.717) is 28.2 Å². The number of halogens is 2. The van der Waals surface area contributed by atoms with Gasteiger partial charge in [0.25, 0.3) is 0 Å². The predicted octanol–water partition coefficient (Wildman–Crippen LogP) is 3.66. The van der Waals surface area contributed by atoms with E-state index < -0.39 is 0 Å². The van der Waals surface area contributed by atoms with Gasteiger partial charge in [-0.2, -0.15) is 0 Å². The molecule has 0 saturated heterocycles. The summed E-state index contributed by atoms with van der Waals surface area (Å²) in [6.45, 7) is 0. The Morgan fingerprint density at radius 1 is 1.12 bits per heavy atom. The maximum Gasteiger partial charge on any atom is 0.237 e. The molecule has 0 aliphatic carbocycles. The highest BCUT2D eigenvalue weighted by Gasteiger charge is 2.03. The summed E-state index contributed by atoms with van der Waals surface area (Å²) in [5.74, 6) is 1.28. The number of rotatable bonds is 3. The van der Waals surface area contributed by atoms with Crippen LogP contribution >= 0.6 is 23.2 Å². The first-order valence-electron chi connectivity index (χ1n) is 4.59. The molecular weight excluding hydrogens is 247 g/mol. The van der Waals surface area contributed by atoms with Crippen LogP contribution in [-0.2, 0) is 5.88 Å². The summed E-state index contributed by atoms with van der Waals surface area (Å²) < 4.78 is 5.46. The zero-order valence-corrected chi connectivity index (χ0v) is 9.74. The van der Waals surface area contributed by atoms with Crippen molar-refractivity contribution in [3.63, 3.8) is 0 Å². The number of hydrogen-bond donors (Lipinski definition) is 0. The lowest BCUT2D eigenvalue weighted by molar-refractivity contribution is 0.460. The lowest BCUT2D eigenvalue weighted by atomic mass is 10.3. The van der Waals surface area contributed by atoms with Gasteiger partial charge >= 0.3 is 0 Å². The maximum absolute atomic E-state index is 5.94. The number of benzene rings is 1. The summed E-state index contributed by atoms with van der Waals surface area (Å²) in [5, 5.41) is 0.533. The second kappa shape index (κ2) is 5.14. The highest BCUT2D eigenvalue weighted by molar-refractivity contribution is 6.32. The zero-order valence-electron chi connectivity index (χ0n) is 8.23. The molecule has 1 aromatic heterocycles. The fraction of sp³-hybridized carbons (Fsp3) is 0.0909. The molecule has 0 bridgehead atoms. The van der Waals surface area contributed by atoms with E-state index in [4.69, 9.17) is 27.9 Å². The molecule has 1 aromatic carbocycles. The molecule has 0 aliphatic heterocycles. The molecule has 5 heteroatoms. The third-order valence-corrected chi connectivity index (χ3v) is 2.46. The minimum Gasteiger partial charge on any atom is -0.436 e. The SMILES string of the molecule is ClCc1cnc(Oc2ccccc2Cl)cn1. The molecule has 2 aromatic rings. The van der Waals surface area contributed by atoms with Gasteiger partial charge in [0.2, 0.25) is 5.88 Å². The second-order valence-electron chi connectivity index (χ2n) is 3.01. The van der Waals surface area contributed by atoms with E-state index in [1.165, 1.54) is 6.20 Å². The van der Waals surface area contributed by atoms with Crippen LogP contribution in [0.1, 0.15) is 5.69 Å². The molecule has 1 heterocycles. The van der Waals surface area contributed by atoms with Crippen LogP contribution in [0.25, 0.3) is 0 Å². The Morgan fingerprint density at radius 3 is 2.56 bits per heavy atom. The van der Waals surface area contributed by atoms with Gasteiger partial charge in [0.1, 0.15) is 5.75 Å². The summed E-state index contributed by atoms with van der Waals surface area (Å²) in [7, 11) is 0. The molecule has 0 N–H and O–H groups in total. The molecule has 0 saturated carbocycles. The Labute approximate surface area is 103 Å². The van der Waals surface area contributed by atoms with Gasteiger partial charge in [-0.25, -0.2) is 4.98 Å². The lowest BCUT2D eigenvalue weighted by Gasteiger charge is -2.05. The molecular formula is C11H8Cl2N2O. The summed E-state index contributed by atoms with van der Waals surface area (Å²) in [5.41, 5.74) is 0.702. The van der Waals surface area contributed by atoms with Gasteiger partial charge in [0, 0.05) is 0 Å². The maximum atomic E-state index is 5.94. The van der Waals surface area contributed by atoms with Gasteiger partial charge in [-0.3, -0.25) is 4.98 Å². The summed E-state index contributed by atoms with van der Waals surface area (Å²) >= 11 is 11.5. The van der Waals surface area contributed by atoms with Crippen molar-refractivity contribution in [2.75, 3.05) is 0 Å². The molecule has 0 fully saturated rings. The van der Waals surface area contributed by atoms with Crippen molar-refractivity contribution < 1.29 is 4.74 Å². The van der Waals surface area contributed by atoms with Gasteiger partial charge in [-0.1, -0.05) is 23.7 Å². The standard InChI is InChI=1S/C11H8Cl2N2O/c12-5-8-6-15-11(7-14-8)16-10-4-2-1-3-9(10)13/h1-4,6-7H,5H2. The third-order valence-electron chi connectivity index (χ3n) is 1.87. The predicted molar refractivity (Wildman–Crippen MR) is 63.1 cm³/mol. The molecule has 0 amide bonds. The van der Waals surface area contributed by atoms with Gasteiger partial charge in [0.05, 0.1) is 29.0 Å². The summed E-state index contributed by atoms with van der Waals surface area (Å²) in [6, 6.07) is 7.18. The fourth-order valence-electron chi connectivity index (χ4n) is 1.10. The largest absolute Gasteiger partial charge is 0.436 e. The Bertz CT molecular complexity index is 474. The number of aromatic nitrogens is 2. The van der Waals surface area contributed by atoms with Gasteiger partial charge in [-0.15, -0.1) is 11.6 Å². The third kappa shape index (κ3) is 2.62. The first-order chi connectivity index (χ1) is 7.79. The molecule has 3 nitrogen and oxygen atoms in total. The van der Waals surface area contributed by atoms with E-state index in [0.717, 1.165) is 0 Å². The highest BCUT2D eigenvalue weighted by atomic mass is 35.5. The molecule has 16 heavy (non-hydrogen) atoms. The van der Waals surface area contributed by atoms with Crippen molar-refractivity contribution in [2.24, 2.45) is 0 Å².